The molecule has 0 heterocycles. The maximum Gasteiger partial charge on any atom is 0.271 e. The minimum atomic E-state index is -0.474. The number of rotatable bonds is 8. The molecule has 0 fully saturated rings. The molecule has 0 aliphatic rings. The maximum atomic E-state index is 12.2. The van der Waals surface area contributed by atoms with E-state index in [0.717, 1.165) is 0 Å². The van der Waals surface area contributed by atoms with E-state index >= 15 is 0 Å². The number of halogens is 1. The number of phenols is 1. The smallest absolute Gasteiger partial charge is 0.271 e. The molecule has 32 heavy (non-hydrogen) atoms. The number of phenolic OH excluding ortho intramolecular Hbond substituents is 1. The predicted octanol–water partition coefficient (Wildman–Crippen LogP) is 4.65. The SMILES string of the molecule is COc1cc(C=NNC(=O)c2ccc(O)c(Cl)c2)cc(OC)c1OCCC#CC(C)(C)C. The quantitative estimate of drug-likeness (QED) is 0.260. The van der Waals surface area contributed by atoms with Gasteiger partial charge in [-0.1, -0.05) is 23.4 Å². The minimum absolute atomic E-state index is 0.0552. The number of hydrazone groups is 1. The van der Waals surface area contributed by atoms with Crippen LogP contribution in [-0.2, 0) is 0 Å². The molecule has 0 bridgehead atoms. The third-order valence-electron chi connectivity index (χ3n) is 4.01. The monoisotopic (exact) mass is 458 g/mol. The first kappa shape index (κ1) is 24.9. The van der Waals surface area contributed by atoms with Crippen LogP contribution in [0.1, 0.15) is 43.1 Å². The van der Waals surface area contributed by atoms with E-state index in [1.807, 2.05) is 0 Å². The van der Waals surface area contributed by atoms with Gasteiger partial charge in [-0.2, -0.15) is 5.10 Å². The zero-order chi connectivity index (χ0) is 23.7. The number of amides is 1. The van der Waals surface area contributed by atoms with E-state index in [2.05, 4.69) is 43.1 Å². The van der Waals surface area contributed by atoms with Crippen molar-refractivity contribution in [2.75, 3.05) is 20.8 Å². The normalized spacial score (nSPS) is 10.9. The zero-order valence-electron chi connectivity index (χ0n) is 18.8. The Balaban J connectivity index is 2.09. The maximum absolute atomic E-state index is 12.2. The molecule has 2 aromatic rings. The molecule has 8 heteroatoms. The fourth-order valence-corrected chi connectivity index (χ4v) is 2.71. The van der Waals surface area contributed by atoms with Crippen molar-refractivity contribution in [2.45, 2.75) is 27.2 Å². The average molecular weight is 459 g/mol. The first-order chi connectivity index (χ1) is 15.1. The first-order valence-corrected chi connectivity index (χ1v) is 10.2. The number of benzene rings is 2. The van der Waals surface area contributed by atoms with Crippen molar-refractivity contribution in [3.05, 3.63) is 46.5 Å². The summed E-state index contributed by atoms with van der Waals surface area (Å²) in [5, 5.41) is 13.5. The predicted molar refractivity (Wildman–Crippen MR) is 125 cm³/mol. The minimum Gasteiger partial charge on any atom is -0.506 e. The first-order valence-electron chi connectivity index (χ1n) is 9.85. The highest BCUT2D eigenvalue weighted by molar-refractivity contribution is 6.32. The van der Waals surface area contributed by atoms with Gasteiger partial charge in [0.2, 0.25) is 5.75 Å². The van der Waals surface area contributed by atoms with E-state index < -0.39 is 5.91 Å². The molecule has 0 radical (unpaired) electrons. The molecule has 0 spiro atoms. The van der Waals surface area contributed by atoms with E-state index in [0.29, 0.717) is 35.8 Å². The lowest BCUT2D eigenvalue weighted by Crippen LogP contribution is -2.17. The van der Waals surface area contributed by atoms with Gasteiger partial charge >= 0.3 is 0 Å². The number of nitrogens with zero attached hydrogens (tertiary/aromatic N) is 1. The molecule has 7 nitrogen and oxygen atoms in total. The summed E-state index contributed by atoms with van der Waals surface area (Å²) in [6, 6.07) is 7.56. The molecule has 2 rings (SSSR count). The lowest BCUT2D eigenvalue weighted by molar-refractivity contribution is 0.0955. The summed E-state index contributed by atoms with van der Waals surface area (Å²) in [6.45, 7) is 6.54. The lowest BCUT2D eigenvalue weighted by atomic mass is 9.98. The molecule has 0 aliphatic carbocycles. The van der Waals surface area contributed by atoms with Crippen LogP contribution in [-0.4, -0.2) is 38.1 Å². The summed E-state index contributed by atoms with van der Waals surface area (Å²) in [5.74, 6) is 7.08. The topological polar surface area (TPSA) is 89.4 Å². The Morgan fingerprint density at radius 1 is 1.19 bits per heavy atom. The number of hydrogen-bond donors (Lipinski definition) is 2. The molecule has 0 aromatic heterocycles. The van der Waals surface area contributed by atoms with Crippen molar-refractivity contribution in [1.82, 2.24) is 5.43 Å². The van der Waals surface area contributed by atoms with E-state index in [9.17, 15) is 9.90 Å². The van der Waals surface area contributed by atoms with Crippen molar-refractivity contribution in [1.29, 1.82) is 0 Å². The van der Waals surface area contributed by atoms with Crippen LogP contribution >= 0.6 is 11.6 Å². The largest absolute Gasteiger partial charge is 0.506 e. The van der Waals surface area contributed by atoms with Gasteiger partial charge in [0.25, 0.3) is 5.91 Å². The molecule has 0 saturated carbocycles. The highest BCUT2D eigenvalue weighted by atomic mass is 35.5. The molecule has 0 unspecified atom stereocenters. The van der Waals surface area contributed by atoms with Gasteiger partial charge in [-0.05, 0) is 51.1 Å². The number of hydrogen-bond acceptors (Lipinski definition) is 6. The second-order valence-electron chi connectivity index (χ2n) is 7.77. The van der Waals surface area contributed by atoms with Gasteiger partial charge in [0, 0.05) is 23.0 Å². The van der Waals surface area contributed by atoms with Gasteiger partial charge in [-0.25, -0.2) is 5.43 Å². The van der Waals surface area contributed by atoms with E-state index in [1.165, 1.54) is 38.6 Å². The van der Waals surface area contributed by atoms with Crippen molar-refractivity contribution in [3.8, 4) is 34.8 Å². The van der Waals surface area contributed by atoms with E-state index in [-0.39, 0.29) is 21.8 Å². The Morgan fingerprint density at radius 2 is 1.84 bits per heavy atom. The van der Waals surface area contributed by atoms with Crippen LogP contribution in [0.2, 0.25) is 5.02 Å². The van der Waals surface area contributed by atoms with Gasteiger partial charge in [0.05, 0.1) is 32.1 Å². The standard InChI is InChI=1S/C24H27ClN2O5/c1-24(2,3)10-6-7-11-32-22-20(30-4)12-16(13-21(22)31-5)15-26-27-23(29)17-8-9-19(28)18(25)14-17/h8-9,12-15,28H,7,11H2,1-5H3,(H,27,29). The Hall–Kier alpha value is -3.37. The van der Waals surface area contributed by atoms with Crippen LogP contribution in [0.3, 0.4) is 0 Å². The molecule has 2 aromatic carbocycles. The van der Waals surface area contributed by atoms with Gasteiger partial charge in [-0.3, -0.25) is 4.79 Å². The zero-order valence-corrected chi connectivity index (χ0v) is 19.5. The highest BCUT2D eigenvalue weighted by Crippen LogP contribution is 2.38. The lowest BCUT2D eigenvalue weighted by Gasteiger charge is -2.14. The molecular formula is C24H27ClN2O5. The molecule has 2 N–H and O–H groups in total. The number of nitrogens with one attached hydrogen (secondary N) is 1. The van der Waals surface area contributed by atoms with Crippen LogP contribution in [0.4, 0.5) is 0 Å². The Labute approximate surface area is 193 Å². The Morgan fingerprint density at radius 3 is 2.41 bits per heavy atom. The molecule has 170 valence electrons. The number of carbonyl (C=O) groups excluding carboxylic acids is 1. The summed E-state index contributed by atoms with van der Waals surface area (Å²) in [6.07, 6.45) is 2.02. The summed E-state index contributed by atoms with van der Waals surface area (Å²) in [5.41, 5.74) is 3.24. The van der Waals surface area contributed by atoms with Crippen LogP contribution in [0, 0.1) is 17.3 Å². The molecular weight excluding hydrogens is 432 g/mol. The van der Waals surface area contributed by atoms with E-state index in [4.69, 9.17) is 25.8 Å². The Kier molecular flexibility index (Phi) is 8.80. The second-order valence-corrected chi connectivity index (χ2v) is 8.18. The van der Waals surface area contributed by atoms with Crippen molar-refractivity contribution in [3.63, 3.8) is 0 Å². The summed E-state index contributed by atoms with van der Waals surface area (Å²) in [4.78, 5) is 12.2. The molecule has 1 amide bonds. The van der Waals surface area contributed by atoms with Gasteiger partial charge in [0.15, 0.2) is 11.5 Å². The number of carbonyl (C=O) groups is 1. The number of aromatic hydroxyl groups is 1. The summed E-state index contributed by atoms with van der Waals surface area (Å²) < 4.78 is 16.7. The molecule has 0 atom stereocenters. The summed E-state index contributed by atoms with van der Waals surface area (Å²) >= 11 is 5.83. The van der Waals surface area contributed by atoms with Gasteiger partial charge in [-0.15, -0.1) is 0 Å². The fraction of sp³-hybridized carbons (Fsp3) is 0.333. The molecule has 0 saturated heterocycles. The Bertz CT molecular complexity index is 1020. The molecule has 0 aliphatic heterocycles. The van der Waals surface area contributed by atoms with Crippen molar-refractivity contribution < 1.29 is 24.1 Å². The number of methoxy groups -OCH3 is 2. The highest BCUT2D eigenvalue weighted by Gasteiger charge is 2.14. The van der Waals surface area contributed by atoms with E-state index in [1.54, 1.807) is 12.1 Å². The number of ether oxygens (including phenoxy) is 3. The second kappa shape index (κ2) is 11.3. The van der Waals surface area contributed by atoms with Gasteiger partial charge < -0.3 is 19.3 Å². The van der Waals surface area contributed by atoms with Crippen LogP contribution in [0.15, 0.2) is 35.4 Å². The fourth-order valence-electron chi connectivity index (χ4n) is 2.53. The van der Waals surface area contributed by atoms with Crippen LogP contribution < -0.4 is 19.6 Å². The van der Waals surface area contributed by atoms with Crippen molar-refractivity contribution >= 4 is 23.7 Å². The third-order valence-corrected chi connectivity index (χ3v) is 4.31. The third kappa shape index (κ3) is 7.40. The van der Waals surface area contributed by atoms with Gasteiger partial charge in [0.1, 0.15) is 5.75 Å². The summed E-state index contributed by atoms with van der Waals surface area (Å²) in [7, 11) is 3.05. The van der Waals surface area contributed by atoms with Crippen molar-refractivity contribution in [2.24, 2.45) is 10.5 Å². The van der Waals surface area contributed by atoms with Crippen LogP contribution in [0.5, 0.6) is 23.0 Å². The average Bonchev–Trinajstić information content (AvgIpc) is 2.74. The van der Waals surface area contributed by atoms with Crippen LogP contribution in [0.25, 0.3) is 0 Å².